The Kier molecular flexibility index (Phi) is 6.02. The Balaban J connectivity index is 1.49. The van der Waals surface area contributed by atoms with Crippen LogP contribution in [0.4, 0.5) is 4.79 Å². The van der Waals surface area contributed by atoms with Crippen molar-refractivity contribution in [2.75, 3.05) is 13.1 Å². The normalized spacial score (nSPS) is 12.3. The molecule has 7 heteroatoms. The van der Waals surface area contributed by atoms with E-state index in [2.05, 4.69) is 10.2 Å². The monoisotopic (exact) mass is 443 g/mol. The van der Waals surface area contributed by atoms with E-state index in [0.29, 0.717) is 30.4 Å². The van der Waals surface area contributed by atoms with Gasteiger partial charge in [0.2, 0.25) is 0 Å². The van der Waals surface area contributed by atoms with E-state index in [1.165, 1.54) is 0 Å². The molecule has 0 spiro atoms. The number of ether oxygens (including phenoxy) is 1. The Morgan fingerprint density at radius 3 is 2.80 bits per heavy atom. The van der Waals surface area contributed by atoms with Gasteiger partial charge in [0, 0.05) is 28.8 Å². The van der Waals surface area contributed by atoms with Gasteiger partial charge in [0.15, 0.2) is 0 Å². The molecule has 1 aliphatic carbocycles. The maximum Gasteiger partial charge on any atom is 0.416 e. The fourth-order valence-electron chi connectivity index (χ4n) is 3.75. The molecule has 5 nitrogen and oxygen atoms in total. The zero-order valence-electron chi connectivity index (χ0n) is 17.0. The van der Waals surface area contributed by atoms with Gasteiger partial charge in [0.05, 0.1) is 5.56 Å². The second-order valence-electron chi connectivity index (χ2n) is 7.46. The van der Waals surface area contributed by atoms with Gasteiger partial charge in [-0.15, -0.1) is 5.10 Å². The average Bonchev–Trinajstić information content (AvgIpc) is 3.14. The molecule has 156 valence electrons. The van der Waals surface area contributed by atoms with Crippen LogP contribution in [0, 0.1) is 6.92 Å². The molecule has 1 aromatic heterocycles. The van der Waals surface area contributed by atoms with E-state index in [4.69, 9.17) is 27.9 Å². The van der Waals surface area contributed by atoms with Crippen LogP contribution in [0.1, 0.15) is 29.3 Å². The number of carbonyl (C=O) groups excluding carboxylic acids is 1. The SMILES string of the molecule is CCN(CCc1ccc(C)c(Cl)c1)C(=O)Oc1n[nH]c2c1-c1ccc(Cl)cc1CC2. The number of nitrogens with one attached hydrogen (secondary N) is 1. The highest BCUT2D eigenvalue weighted by Gasteiger charge is 2.26. The number of nitrogens with zero attached hydrogens (tertiary/aromatic N) is 2. The van der Waals surface area contributed by atoms with Crippen molar-refractivity contribution in [1.82, 2.24) is 15.1 Å². The Labute approximate surface area is 185 Å². The van der Waals surface area contributed by atoms with Crippen molar-refractivity contribution in [2.24, 2.45) is 0 Å². The Morgan fingerprint density at radius 1 is 1.20 bits per heavy atom. The van der Waals surface area contributed by atoms with Crippen LogP contribution >= 0.6 is 23.2 Å². The molecular weight excluding hydrogens is 421 g/mol. The molecule has 0 saturated carbocycles. The van der Waals surface area contributed by atoms with E-state index >= 15 is 0 Å². The number of benzene rings is 2. The van der Waals surface area contributed by atoms with Gasteiger partial charge in [0.1, 0.15) is 0 Å². The fourth-order valence-corrected chi connectivity index (χ4v) is 4.14. The third-order valence-electron chi connectivity index (χ3n) is 5.52. The lowest BCUT2D eigenvalue weighted by Gasteiger charge is -2.21. The summed E-state index contributed by atoms with van der Waals surface area (Å²) in [6.07, 6.45) is 1.96. The standard InChI is InChI=1S/C23H23Cl2N3O2/c1-3-28(11-10-15-5-4-14(2)19(25)12-15)23(29)30-22-21-18-8-7-17(24)13-16(18)6-9-20(21)26-27-22/h4-5,7-8,12-13H,3,6,9-11H2,1-2H3,(H,26,27). The number of aryl methyl sites for hydroxylation is 3. The van der Waals surface area contributed by atoms with Crippen molar-refractivity contribution in [3.05, 3.63) is 68.8 Å². The average molecular weight is 444 g/mol. The molecule has 0 radical (unpaired) electrons. The second-order valence-corrected chi connectivity index (χ2v) is 8.31. The van der Waals surface area contributed by atoms with Gasteiger partial charge in [0.25, 0.3) is 5.88 Å². The Bertz CT molecular complexity index is 1090. The smallest absolute Gasteiger partial charge is 0.389 e. The molecule has 3 aromatic rings. The molecule has 1 amide bonds. The molecule has 0 aliphatic heterocycles. The molecule has 0 atom stereocenters. The highest BCUT2D eigenvalue weighted by molar-refractivity contribution is 6.31. The molecule has 0 bridgehead atoms. The van der Waals surface area contributed by atoms with Crippen LogP contribution in [0.5, 0.6) is 5.88 Å². The van der Waals surface area contributed by atoms with E-state index in [1.54, 1.807) is 4.90 Å². The van der Waals surface area contributed by atoms with Crippen LogP contribution in [0.2, 0.25) is 10.0 Å². The number of halogens is 2. The summed E-state index contributed by atoms with van der Waals surface area (Å²) in [5.74, 6) is 0.315. The number of hydrogen-bond donors (Lipinski definition) is 1. The predicted octanol–water partition coefficient (Wildman–Crippen LogP) is 5.85. The summed E-state index contributed by atoms with van der Waals surface area (Å²) in [6.45, 7) is 4.98. The lowest BCUT2D eigenvalue weighted by atomic mass is 9.90. The summed E-state index contributed by atoms with van der Waals surface area (Å²) in [6, 6.07) is 11.7. The van der Waals surface area contributed by atoms with Crippen LogP contribution in [0.25, 0.3) is 11.1 Å². The lowest BCUT2D eigenvalue weighted by Crippen LogP contribution is -2.35. The van der Waals surface area contributed by atoms with Crippen LogP contribution in [-0.2, 0) is 19.3 Å². The maximum atomic E-state index is 12.8. The molecule has 4 rings (SSSR count). The summed E-state index contributed by atoms with van der Waals surface area (Å²) in [4.78, 5) is 14.5. The van der Waals surface area contributed by atoms with Crippen LogP contribution < -0.4 is 4.74 Å². The van der Waals surface area contributed by atoms with Gasteiger partial charge in [-0.3, -0.25) is 5.10 Å². The van der Waals surface area contributed by atoms with E-state index < -0.39 is 6.09 Å². The first-order valence-corrected chi connectivity index (χ1v) is 10.8. The number of aromatic amines is 1. The van der Waals surface area contributed by atoms with Gasteiger partial charge >= 0.3 is 6.09 Å². The first-order chi connectivity index (χ1) is 14.5. The van der Waals surface area contributed by atoms with Crippen molar-refractivity contribution in [3.63, 3.8) is 0 Å². The summed E-state index contributed by atoms with van der Waals surface area (Å²) < 4.78 is 5.71. The molecular formula is C23H23Cl2N3O2. The second kappa shape index (κ2) is 8.70. The van der Waals surface area contributed by atoms with E-state index in [0.717, 1.165) is 51.4 Å². The van der Waals surface area contributed by atoms with Gasteiger partial charge in [-0.2, -0.15) is 0 Å². The van der Waals surface area contributed by atoms with E-state index in [9.17, 15) is 4.79 Å². The molecule has 0 unspecified atom stereocenters. The molecule has 2 aromatic carbocycles. The maximum absolute atomic E-state index is 12.8. The first kappa shape index (κ1) is 20.8. The number of rotatable bonds is 5. The van der Waals surface area contributed by atoms with Crippen molar-refractivity contribution >= 4 is 29.3 Å². The molecule has 0 saturated heterocycles. The van der Waals surface area contributed by atoms with E-state index in [1.807, 2.05) is 50.2 Å². The summed E-state index contributed by atoms with van der Waals surface area (Å²) >= 11 is 12.4. The minimum atomic E-state index is -0.411. The van der Waals surface area contributed by atoms with Crippen LogP contribution in [0.3, 0.4) is 0 Å². The summed E-state index contributed by atoms with van der Waals surface area (Å²) in [5, 5.41) is 8.73. The van der Waals surface area contributed by atoms with Crippen molar-refractivity contribution in [3.8, 4) is 17.0 Å². The number of likely N-dealkylation sites (N-methyl/N-ethyl adjacent to an activating group) is 1. The topological polar surface area (TPSA) is 58.2 Å². The third-order valence-corrected chi connectivity index (χ3v) is 6.16. The summed E-state index contributed by atoms with van der Waals surface area (Å²) in [7, 11) is 0. The predicted molar refractivity (Wildman–Crippen MR) is 120 cm³/mol. The quantitative estimate of drug-likeness (QED) is 0.537. The third kappa shape index (κ3) is 4.18. The first-order valence-electron chi connectivity index (χ1n) is 10.0. The van der Waals surface area contributed by atoms with Crippen LogP contribution in [0.15, 0.2) is 36.4 Å². The largest absolute Gasteiger partial charge is 0.416 e. The highest BCUT2D eigenvalue weighted by Crippen LogP contribution is 2.39. The number of aromatic nitrogens is 2. The molecule has 1 aliphatic rings. The number of H-pyrrole nitrogens is 1. The fraction of sp³-hybridized carbons (Fsp3) is 0.304. The highest BCUT2D eigenvalue weighted by atomic mass is 35.5. The zero-order valence-corrected chi connectivity index (χ0v) is 18.5. The van der Waals surface area contributed by atoms with Gasteiger partial charge in [-0.25, -0.2) is 4.79 Å². The van der Waals surface area contributed by atoms with Crippen molar-refractivity contribution < 1.29 is 9.53 Å². The van der Waals surface area contributed by atoms with Gasteiger partial charge in [-0.05, 0) is 73.6 Å². The number of fused-ring (bicyclic) bond motifs is 3. The van der Waals surface area contributed by atoms with Gasteiger partial charge in [-0.1, -0.05) is 41.4 Å². The molecule has 1 heterocycles. The molecule has 30 heavy (non-hydrogen) atoms. The van der Waals surface area contributed by atoms with Crippen molar-refractivity contribution in [1.29, 1.82) is 0 Å². The number of hydrogen-bond acceptors (Lipinski definition) is 3. The van der Waals surface area contributed by atoms with Crippen molar-refractivity contribution in [2.45, 2.75) is 33.1 Å². The number of carbonyl (C=O) groups is 1. The zero-order chi connectivity index (χ0) is 21.3. The Morgan fingerprint density at radius 2 is 2.03 bits per heavy atom. The Hall–Kier alpha value is -2.50. The van der Waals surface area contributed by atoms with Gasteiger partial charge < -0.3 is 9.64 Å². The minimum absolute atomic E-state index is 0.315. The van der Waals surface area contributed by atoms with E-state index in [-0.39, 0.29) is 0 Å². The molecule has 0 fully saturated rings. The molecule has 1 N–H and O–H groups in total. The summed E-state index contributed by atoms with van der Waals surface area (Å²) in [5.41, 5.74) is 6.09. The minimum Gasteiger partial charge on any atom is -0.389 e. The van der Waals surface area contributed by atoms with Crippen LogP contribution in [-0.4, -0.2) is 34.3 Å². The lowest BCUT2D eigenvalue weighted by molar-refractivity contribution is 0.153. The number of amides is 1.